The Kier molecular flexibility index (Phi) is 10.5. The number of aromatic nitrogens is 6. The fourth-order valence-corrected chi connectivity index (χ4v) is 4.31. The van der Waals surface area contributed by atoms with Crippen molar-refractivity contribution in [3.8, 4) is 0 Å². The Morgan fingerprint density at radius 3 is 2.59 bits per heavy atom. The third-order valence-electron chi connectivity index (χ3n) is 5.81. The van der Waals surface area contributed by atoms with Crippen molar-refractivity contribution in [2.75, 3.05) is 6.61 Å². The molecule has 0 fully saturated rings. The number of nitrogens with one attached hydrogen (secondary N) is 1. The number of tetrazole rings is 1. The number of ketones is 1. The molecule has 0 saturated heterocycles. The SMILES string of the molecule is CCC(NC(=O)OCc1ccccc1)C(=O)Cn1nnnc1CCc1nccn1COCC[Si](C)(C)C. The summed E-state index contributed by atoms with van der Waals surface area (Å²) in [6.45, 7) is 10.1. The number of Topliss-reactive ketones (excluding diaryl/α,β-unsaturated/α-hetero) is 1. The minimum Gasteiger partial charge on any atom is -0.445 e. The Morgan fingerprint density at radius 2 is 1.86 bits per heavy atom. The Bertz CT molecular complexity index is 1130. The molecule has 0 aliphatic carbocycles. The predicted octanol–water partition coefficient (Wildman–Crippen LogP) is 3.24. The standard InChI is InChI=1S/C25H37N7O4Si/c1-5-21(27-25(34)36-18-20-9-7-6-8-10-20)22(33)17-32-24(28-29-30-32)12-11-23-26-13-14-31(23)19-35-15-16-37(2,3)4/h6-10,13-14,21H,5,11-12,15-19H2,1-4H3,(H,27,34). The second-order valence-corrected chi connectivity index (χ2v) is 15.7. The van der Waals surface area contributed by atoms with Gasteiger partial charge < -0.3 is 19.4 Å². The molecule has 37 heavy (non-hydrogen) atoms. The van der Waals surface area contributed by atoms with Crippen LogP contribution in [0.2, 0.25) is 25.7 Å². The Balaban J connectivity index is 1.48. The van der Waals surface area contributed by atoms with E-state index in [1.54, 1.807) is 6.20 Å². The van der Waals surface area contributed by atoms with Gasteiger partial charge in [-0.15, -0.1) is 5.10 Å². The maximum atomic E-state index is 12.9. The maximum Gasteiger partial charge on any atom is 0.408 e. The molecule has 12 heteroatoms. The molecule has 0 spiro atoms. The molecule has 1 unspecified atom stereocenters. The van der Waals surface area contributed by atoms with E-state index in [-0.39, 0.29) is 18.9 Å². The number of rotatable bonds is 15. The first-order chi connectivity index (χ1) is 17.7. The third kappa shape index (κ3) is 9.54. The summed E-state index contributed by atoms with van der Waals surface area (Å²) < 4.78 is 14.5. The van der Waals surface area contributed by atoms with Crippen LogP contribution in [0.15, 0.2) is 42.7 Å². The first kappa shape index (κ1) is 28.2. The van der Waals surface area contributed by atoms with Crippen LogP contribution in [0.4, 0.5) is 4.79 Å². The van der Waals surface area contributed by atoms with Crippen molar-refractivity contribution >= 4 is 20.0 Å². The van der Waals surface area contributed by atoms with Gasteiger partial charge in [-0.25, -0.2) is 14.5 Å². The maximum absolute atomic E-state index is 12.9. The molecule has 3 aromatic rings. The van der Waals surface area contributed by atoms with Gasteiger partial charge in [-0.3, -0.25) is 4.79 Å². The molecular weight excluding hydrogens is 490 g/mol. The van der Waals surface area contributed by atoms with E-state index in [4.69, 9.17) is 9.47 Å². The van der Waals surface area contributed by atoms with Crippen molar-refractivity contribution in [2.45, 2.75) is 77.8 Å². The van der Waals surface area contributed by atoms with Gasteiger partial charge in [-0.1, -0.05) is 56.9 Å². The summed E-state index contributed by atoms with van der Waals surface area (Å²) in [6, 6.07) is 9.77. The molecule has 2 aromatic heterocycles. The zero-order chi connectivity index (χ0) is 26.7. The van der Waals surface area contributed by atoms with Gasteiger partial charge in [0.25, 0.3) is 0 Å². The second-order valence-electron chi connectivity index (χ2n) is 10.0. The van der Waals surface area contributed by atoms with Crippen LogP contribution < -0.4 is 5.32 Å². The summed E-state index contributed by atoms with van der Waals surface area (Å²) in [5, 5.41) is 14.4. The number of carbonyl (C=O) groups is 2. The molecule has 1 amide bonds. The van der Waals surface area contributed by atoms with Gasteiger partial charge in [0.05, 0.1) is 6.04 Å². The average molecular weight is 528 g/mol. The van der Waals surface area contributed by atoms with Crippen molar-refractivity contribution in [3.63, 3.8) is 0 Å². The van der Waals surface area contributed by atoms with E-state index in [9.17, 15) is 9.59 Å². The van der Waals surface area contributed by atoms with Crippen molar-refractivity contribution in [1.82, 2.24) is 35.1 Å². The lowest BCUT2D eigenvalue weighted by atomic mass is 10.1. The highest BCUT2D eigenvalue weighted by Gasteiger charge is 2.22. The molecule has 0 radical (unpaired) electrons. The quantitative estimate of drug-likeness (QED) is 0.236. The van der Waals surface area contributed by atoms with Crippen molar-refractivity contribution in [1.29, 1.82) is 0 Å². The van der Waals surface area contributed by atoms with Gasteiger partial charge in [-0.05, 0) is 28.5 Å². The van der Waals surface area contributed by atoms with Gasteiger partial charge in [-0.2, -0.15) is 0 Å². The van der Waals surface area contributed by atoms with E-state index < -0.39 is 20.2 Å². The van der Waals surface area contributed by atoms with E-state index in [2.05, 4.69) is 45.5 Å². The highest BCUT2D eigenvalue weighted by atomic mass is 28.3. The van der Waals surface area contributed by atoms with Gasteiger partial charge in [0.1, 0.15) is 25.7 Å². The fourth-order valence-electron chi connectivity index (χ4n) is 3.55. The number of benzene rings is 1. The van der Waals surface area contributed by atoms with E-state index in [0.29, 0.717) is 31.8 Å². The monoisotopic (exact) mass is 527 g/mol. The first-order valence-electron chi connectivity index (χ1n) is 12.6. The van der Waals surface area contributed by atoms with Crippen LogP contribution >= 0.6 is 0 Å². The molecule has 0 aliphatic rings. The topological polar surface area (TPSA) is 126 Å². The normalized spacial score (nSPS) is 12.3. The molecule has 0 bridgehead atoms. The lowest BCUT2D eigenvalue weighted by molar-refractivity contribution is -0.121. The molecule has 1 atom stereocenters. The zero-order valence-electron chi connectivity index (χ0n) is 22.1. The Hall–Kier alpha value is -3.38. The smallest absolute Gasteiger partial charge is 0.408 e. The van der Waals surface area contributed by atoms with Crippen LogP contribution in [0.5, 0.6) is 0 Å². The largest absolute Gasteiger partial charge is 0.445 e. The minimum absolute atomic E-state index is 0.0476. The summed E-state index contributed by atoms with van der Waals surface area (Å²) in [5.41, 5.74) is 0.870. The molecule has 200 valence electrons. The van der Waals surface area contributed by atoms with Crippen LogP contribution in [0.1, 0.15) is 30.6 Å². The van der Waals surface area contributed by atoms with E-state index in [1.807, 2.05) is 48.0 Å². The van der Waals surface area contributed by atoms with E-state index >= 15 is 0 Å². The molecule has 0 saturated carbocycles. The molecule has 1 aromatic carbocycles. The summed E-state index contributed by atoms with van der Waals surface area (Å²) in [7, 11) is -1.14. The molecule has 2 heterocycles. The lowest BCUT2D eigenvalue weighted by Crippen LogP contribution is -2.42. The summed E-state index contributed by atoms with van der Waals surface area (Å²) in [5.74, 6) is 1.23. The second kappa shape index (κ2) is 13.8. The van der Waals surface area contributed by atoms with Crippen LogP contribution in [-0.4, -0.2) is 62.4 Å². The number of nitrogens with zero attached hydrogens (tertiary/aromatic N) is 6. The molecule has 11 nitrogen and oxygen atoms in total. The van der Waals surface area contributed by atoms with Crippen LogP contribution in [0.3, 0.4) is 0 Å². The average Bonchev–Trinajstić information content (AvgIpc) is 3.51. The number of alkyl carbamates (subject to hydrolysis) is 1. The number of hydrogen-bond acceptors (Lipinski definition) is 8. The van der Waals surface area contributed by atoms with Crippen molar-refractivity contribution in [3.05, 3.63) is 59.9 Å². The van der Waals surface area contributed by atoms with Gasteiger partial charge in [0.15, 0.2) is 11.6 Å². The molecule has 3 rings (SSSR count). The predicted molar refractivity (Wildman–Crippen MR) is 140 cm³/mol. The Morgan fingerprint density at radius 1 is 1.11 bits per heavy atom. The number of imidazole rings is 1. The number of carbonyl (C=O) groups excluding carboxylic acids is 2. The van der Waals surface area contributed by atoms with Gasteiger partial charge in [0, 0.05) is 39.9 Å². The van der Waals surface area contributed by atoms with Crippen molar-refractivity contribution in [2.24, 2.45) is 0 Å². The highest BCUT2D eigenvalue weighted by Crippen LogP contribution is 2.09. The lowest BCUT2D eigenvalue weighted by Gasteiger charge is -2.16. The highest BCUT2D eigenvalue weighted by molar-refractivity contribution is 6.76. The van der Waals surface area contributed by atoms with Gasteiger partial charge >= 0.3 is 6.09 Å². The number of hydrogen-bond donors (Lipinski definition) is 1. The minimum atomic E-state index is -1.14. The molecular formula is C25H37N7O4Si. The zero-order valence-corrected chi connectivity index (χ0v) is 23.1. The van der Waals surface area contributed by atoms with Crippen LogP contribution in [-0.2, 0) is 47.0 Å². The first-order valence-corrected chi connectivity index (χ1v) is 16.3. The van der Waals surface area contributed by atoms with E-state index in [1.165, 1.54) is 4.68 Å². The fraction of sp³-hybridized carbons (Fsp3) is 0.520. The summed E-state index contributed by atoms with van der Waals surface area (Å²) in [6.07, 6.45) is 4.53. The number of ether oxygens (including phenoxy) is 2. The van der Waals surface area contributed by atoms with Gasteiger partial charge in [0.2, 0.25) is 0 Å². The van der Waals surface area contributed by atoms with E-state index in [0.717, 1.165) is 24.0 Å². The Labute approximate surface area is 218 Å². The molecule has 0 aliphatic heterocycles. The number of aryl methyl sites for hydroxylation is 2. The summed E-state index contributed by atoms with van der Waals surface area (Å²) >= 11 is 0. The van der Waals surface area contributed by atoms with Crippen LogP contribution in [0.25, 0.3) is 0 Å². The van der Waals surface area contributed by atoms with Crippen molar-refractivity contribution < 1.29 is 19.1 Å². The molecule has 1 N–H and O–H groups in total. The third-order valence-corrected chi connectivity index (χ3v) is 7.52. The summed E-state index contributed by atoms with van der Waals surface area (Å²) in [4.78, 5) is 29.5. The van der Waals surface area contributed by atoms with Crippen LogP contribution in [0, 0.1) is 0 Å². The number of amides is 1.